The van der Waals surface area contributed by atoms with Gasteiger partial charge in [-0.15, -0.1) is 0 Å². The summed E-state index contributed by atoms with van der Waals surface area (Å²) in [6, 6.07) is 6.91. The minimum atomic E-state index is -1.48. The van der Waals surface area contributed by atoms with E-state index in [1.165, 1.54) is 0 Å². The molecule has 1 fully saturated rings. The number of aliphatic hydroxyl groups excluding tert-OH is 5. The molecule has 2 rings (SSSR count). The maximum Gasteiger partial charge on any atom is 0.229 e. The van der Waals surface area contributed by atoms with Crippen molar-refractivity contribution in [2.75, 3.05) is 13.2 Å². The van der Waals surface area contributed by atoms with Crippen molar-refractivity contribution in [1.29, 1.82) is 0 Å². The maximum atomic E-state index is 9.91. The molecule has 7 heteroatoms. The predicted octanol–water partition coefficient (Wildman–Crippen LogP) is -1.60. The molecule has 5 atom stereocenters. The first kappa shape index (κ1) is 16.2. The van der Waals surface area contributed by atoms with Crippen molar-refractivity contribution in [2.24, 2.45) is 0 Å². The molecule has 0 bridgehead atoms. The third kappa shape index (κ3) is 3.52. The summed E-state index contributed by atoms with van der Waals surface area (Å²) in [5.41, 5.74) is 0.719. The minimum Gasteiger partial charge on any atom is -0.462 e. The summed E-state index contributed by atoms with van der Waals surface area (Å²) < 4.78 is 10.8. The van der Waals surface area contributed by atoms with Crippen molar-refractivity contribution in [3.05, 3.63) is 29.8 Å². The number of hydrogen-bond donors (Lipinski definition) is 5. The molecule has 1 saturated heterocycles. The number of hydrogen-bond acceptors (Lipinski definition) is 7. The lowest BCUT2D eigenvalue weighted by atomic mass is 9.99. The molecule has 1 aromatic carbocycles. The molecule has 1 aliphatic heterocycles. The first-order chi connectivity index (χ1) is 10.1. The van der Waals surface area contributed by atoms with E-state index in [2.05, 4.69) is 0 Å². The highest BCUT2D eigenvalue weighted by molar-refractivity contribution is 5.33. The fourth-order valence-electron chi connectivity index (χ4n) is 2.24. The number of ether oxygens (including phenoxy) is 2. The molecule has 0 aromatic heterocycles. The fourth-order valence-corrected chi connectivity index (χ4v) is 2.24. The van der Waals surface area contributed by atoms with Crippen LogP contribution in [0.2, 0.25) is 0 Å². The van der Waals surface area contributed by atoms with Crippen LogP contribution in [0, 0.1) is 0 Å². The Balaban J connectivity index is 2.14. The topological polar surface area (TPSA) is 120 Å². The second kappa shape index (κ2) is 7.17. The van der Waals surface area contributed by atoms with Gasteiger partial charge in [0.1, 0.15) is 30.2 Å². The van der Waals surface area contributed by atoms with Crippen molar-refractivity contribution >= 4 is 0 Å². The minimum absolute atomic E-state index is 0.0605. The van der Waals surface area contributed by atoms with Crippen LogP contribution in [-0.4, -0.2) is 69.5 Å². The first-order valence-electron chi connectivity index (χ1n) is 6.74. The summed E-state index contributed by atoms with van der Waals surface area (Å²) >= 11 is 0. The van der Waals surface area contributed by atoms with E-state index in [1.54, 1.807) is 24.3 Å². The van der Waals surface area contributed by atoms with Crippen molar-refractivity contribution < 1.29 is 35.0 Å². The Kier molecular flexibility index (Phi) is 5.51. The van der Waals surface area contributed by atoms with Gasteiger partial charge in [0.05, 0.1) is 6.61 Å². The normalized spacial score (nSPS) is 32.9. The van der Waals surface area contributed by atoms with Gasteiger partial charge in [0.2, 0.25) is 6.29 Å². The summed E-state index contributed by atoms with van der Waals surface area (Å²) in [6.45, 7) is -0.571. The highest BCUT2D eigenvalue weighted by atomic mass is 16.7. The molecule has 0 spiro atoms. The Labute approximate surface area is 122 Å². The van der Waals surface area contributed by atoms with E-state index in [0.29, 0.717) is 12.2 Å². The standard InChI is InChI=1S/C14H20O7/c15-6-5-8-3-1-2-4-9(8)20-14-13(19)12(18)11(17)10(7-16)21-14/h1-4,10-19H,5-7H2/t10-,11-,12+,13-,14-/m1/s1. The van der Waals surface area contributed by atoms with Gasteiger partial charge in [0.25, 0.3) is 0 Å². The molecular weight excluding hydrogens is 280 g/mol. The van der Waals surface area contributed by atoms with Gasteiger partial charge in [-0.1, -0.05) is 18.2 Å². The quantitative estimate of drug-likeness (QED) is 0.444. The van der Waals surface area contributed by atoms with Crippen LogP contribution in [0.15, 0.2) is 24.3 Å². The molecule has 118 valence electrons. The molecule has 1 heterocycles. The average Bonchev–Trinajstić information content (AvgIpc) is 2.50. The van der Waals surface area contributed by atoms with Crippen molar-refractivity contribution in [2.45, 2.75) is 37.1 Å². The SMILES string of the molecule is OCCc1ccccc1O[C@@H]1O[C@H](CO)[C@@H](O)[C@H](O)[C@H]1O. The lowest BCUT2D eigenvalue weighted by Crippen LogP contribution is -2.60. The molecule has 0 radical (unpaired) electrons. The van der Waals surface area contributed by atoms with Crippen molar-refractivity contribution in [3.63, 3.8) is 0 Å². The number of benzene rings is 1. The van der Waals surface area contributed by atoms with Crippen LogP contribution < -0.4 is 4.74 Å². The van der Waals surface area contributed by atoms with Crippen LogP contribution in [0.1, 0.15) is 5.56 Å². The highest BCUT2D eigenvalue weighted by Crippen LogP contribution is 2.26. The lowest BCUT2D eigenvalue weighted by Gasteiger charge is -2.39. The van der Waals surface area contributed by atoms with Gasteiger partial charge in [0, 0.05) is 6.61 Å². The number of para-hydroxylation sites is 1. The lowest BCUT2D eigenvalue weighted by molar-refractivity contribution is -0.277. The molecule has 21 heavy (non-hydrogen) atoms. The molecule has 0 aliphatic carbocycles. The van der Waals surface area contributed by atoms with Crippen LogP contribution in [0.5, 0.6) is 5.75 Å². The third-order valence-corrected chi connectivity index (χ3v) is 3.45. The van der Waals surface area contributed by atoms with Gasteiger partial charge >= 0.3 is 0 Å². The van der Waals surface area contributed by atoms with Crippen molar-refractivity contribution in [3.8, 4) is 5.75 Å². The Morgan fingerprint density at radius 3 is 2.38 bits per heavy atom. The summed E-state index contributed by atoms with van der Waals surface area (Å²) in [4.78, 5) is 0. The summed E-state index contributed by atoms with van der Waals surface area (Å²) in [5, 5.41) is 47.5. The molecule has 1 aliphatic rings. The largest absolute Gasteiger partial charge is 0.462 e. The van der Waals surface area contributed by atoms with Gasteiger partial charge in [-0.3, -0.25) is 0 Å². The van der Waals surface area contributed by atoms with E-state index in [4.69, 9.17) is 19.7 Å². The molecular formula is C14H20O7. The summed E-state index contributed by atoms with van der Waals surface area (Å²) in [7, 11) is 0. The van der Waals surface area contributed by atoms with Gasteiger partial charge in [-0.25, -0.2) is 0 Å². The van der Waals surface area contributed by atoms with E-state index < -0.39 is 37.3 Å². The molecule has 1 aromatic rings. The average molecular weight is 300 g/mol. The number of aliphatic hydroxyl groups is 5. The van der Waals surface area contributed by atoms with Crippen LogP contribution in [0.4, 0.5) is 0 Å². The van der Waals surface area contributed by atoms with Gasteiger partial charge in [-0.2, -0.15) is 0 Å². The summed E-state index contributed by atoms with van der Waals surface area (Å²) in [5.74, 6) is 0.399. The molecule has 5 N–H and O–H groups in total. The second-order valence-corrected chi connectivity index (χ2v) is 4.90. The molecule has 7 nitrogen and oxygen atoms in total. The first-order valence-corrected chi connectivity index (χ1v) is 6.74. The van der Waals surface area contributed by atoms with Crippen molar-refractivity contribution in [1.82, 2.24) is 0 Å². The van der Waals surface area contributed by atoms with E-state index >= 15 is 0 Å². The zero-order valence-corrected chi connectivity index (χ0v) is 11.4. The van der Waals surface area contributed by atoms with Crippen LogP contribution in [-0.2, 0) is 11.2 Å². The van der Waals surface area contributed by atoms with E-state index in [9.17, 15) is 15.3 Å². The second-order valence-electron chi connectivity index (χ2n) is 4.90. The van der Waals surface area contributed by atoms with Gasteiger partial charge in [0.15, 0.2) is 0 Å². The van der Waals surface area contributed by atoms with Gasteiger partial charge in [-0.05, 0) is 18.1 Å². The third-order valence-electron chi connectivity index (χ3n) is 3.45. The zero-order chi connectivity index (χ0) is 15.4. The fraction of sp³-hybridized carbons (Fsp3) is 0.571. The Hall–Kier alpha value is -1.22. The van der Waals surface area contributed by atoms with Crippen LogP contribution >= 0.6 is 0 Å². The monoisotopic (exact) mass is 300 g/mol. The maximum absolute atomic E-state index is 9.91. The Morgan fingerprint density at radius 1 is 1.00 bits per heavy atom. The number of rotatable bonds is 5. The smallest absolute Gasteiger partial charge is 0.229 e. The Bertz CT molecular complexity index is 451. The Morgan fingerprint density at radius 2 is 1.71 bits per heavy atom. The molecule has 0 saturated carbocycles. The van der Waals surface area contributed by atoms with E-state index in [1.807, 2.05) is 0 Å². The predicted molar refractivity (Wildman–Crippen MR) is 71.6 cm³/mol. The molecule has 0 amide bonds. The summed E-state index contributed by atoms with van der Waals surface area (Å²) in [6.07, 6.45) is -6.22. The van der Waals surface area contributed by atoms with E-state index in [-0.39, 0.29) is 6.61 Å². The van der Waals surface area contributed by atoms with Gasteiger partial charge < -0.3 is 35.0 Å². The molecule has 0 unspecified atom stereocenters. The van der Waals surface area contributed by atoms with Crippen LogP contribution in [0.25, 0.3) is 0 Å². The zero-order valence-electron chi connectivity index (χ0n) is 11.4. The van der Waals surface area contributed by atoms with Crippen LogP contribution in [0.3, 0.4) is 0 Å². The highest BCUT2D eigenvalue weighted by Gasteiger charge is 2.44. The van der Waals surface area contributed by atoms with E-state index in [0.717, 1.165) is 5.56 Å².